The van der Waals surface area contributed by atoms with Gasteiger partial charge in [-0.05, 0) is 31.6 Å². The van der Waals surface area contributed by atoms with Crippen LogP contribution in [0, 0.1) is 5.92 Å². The van der Waals surface area contributed by atoms with Crippen molar-refractivity contribution in [2.75, 3.05) is 39.6 Å². The summed E-state index contributed by atoms with van der Waals surface area (Å²) in [5.74, 6) is -1.31. The van der Waals surface area contributed by atoms with Crippen molar-refractivity contribution in [2.24, 2.45) is 5.92 Å². The molecule has 0 bridgehead atoms. The van der Waals surface area contributed by atoms with Crippen molar-refractivity contribution in [3.8, 4) is 0 Å². The number of hydrogen-bond donors (Lipinski definition) is 3. The van der Waals surface area contributed by atoms with Gasteiger partial charge >= 0.3 is 39.5 Å². The largest absolute Gasteiger partial charge is 0.472 e. The van der Waals surface area contributed by atoms with E-state index >= 15 is 0 Å². The normalized spacial score (nSPS) is 13.8. The molecule has 0 fully saturated rings. The number of phosphoric ester groups is 2. The van der Waals surface area contributed by atoms with E-state index in [1.165, 1.54) is 263 Å². The Morgan fingerprint density at radius 1 is 0.262 bits per heavy atom. The molecule has 2 unspecified atom stereocenters. The van der Waals surface area contributed by atoms with E-state index in [1.807, 2.05) is 0 Å². The molecule has 0 radical (unpaired) electrons. The lowest BCUT2D eigenvalue weighted by Gasteiger charge is -2.21. The van der Waals surface area contributed by atoms with Gasteiger partial charge in [0.05, 0.1) is 26.4 Å². The maximum atomic E-state index is 13.1. The quantitative estimate of drug-likeness (QED) is 0.0222. The third-order valence-corrected chi connectivity index (χ3v) is 21.7. The van der Waals surface area contributed by atoms with Crippen LogP contribution < -0.4 is 0 Å². The molecule has 0 aromatic rings. The van der Waals surface area contributed by atoms with Gasteiger partial charge in [0.2, 0.25) is 0 Å². The Morgan fingerprint density at radius 3 is 0.660 bits per heavy atom. The summed E-state index contributed by atoms with van der Waals surface area (Å²) >= 11 is 0. The van der Waals surface area contributed by atoms with E-state index in [2.05, 4.69) is 34.6 Å². The van der Waals surface area contributed by atoms with E-state index in [0.29, 0.717) is 25.7 Å². The first-order valence-corrected chi connectivity index (χ1v) is 46.6. The first kappa shape index (κ1) is 101. The van der Waals surface area contributed by atoms with E-state index in [9.17, 15) is 43.2 Å². The molecule has 0 aliphatic heterocycles. The van der Waals surface area contributed by atoms with E-state index < -0.39 is 97.5 Å². The van der Waals surface area contributed by atoms with Gasteiger partial charge < -0.3 is 33.8 Å². The number of ether oxygens (including phenoxy) is 4. The van der Waals surface area contributed by atoms with E-state index in [0.717, 1.165) is 109 Å². The molecule has 0 aliphatic carbocycles. The first-order chi connectivity index (χ1) is 50.0. The van der Waals surface area contributed by atoms with E-state index in [1.54, 1.807) is 0 Å². The molecule has 0 rings (SSSR count). The fourth-order valence-corrected chi connectivity index (χ4v) is 14.7. The van der Waals surface area contributed by atoms with Crippen molar-refractivity contribution >= 4 is 39.5 Å². The summed E-state index contributed by atoms with van der Waals surface area (Å²) in [6.07, 6.45) is 69.7. The Labute approximate surface area is 632 Å². The Hall–Kier alpha value is -1.94. The minimum Gasteiger partial charge on any atom is -0.462 e. The zero-order valence-electron chi connectivity index (χ0n) is 67.5. The summed E-state index contributed by atoms with van der Waals surface area (Å²) in [6, 6.07) is 0. The maximum absolute atomic E-state index is 13.1. The highest BCUT2D eigenvalue weighted by atomic mass is 31.2. The highest BCUT2D eigenvalue weighted by Gasteiger charge is 2.30. The van der Waals surface area contributed by atoms with Crippen molar-refractivity contribution in [1.29, 1.82) is 0 Å². The van der Waals surface area contributed by atoms with Crippen LogP contribution in [-0.2, 0) is 65.4 Å². The van der Waals surface area contributed by atoms with Crippen LogP contribution in [0.25, 0.3) is 0 Å². The molecule has 19 heteroatoms. The molecule has 0 aromatic carbocycles. The van der Waals surface area contributed by atoms with Gasteiger partial charge in [0.15, 0.2) is 12.2 Å². The lowest BCUT2D eigenvalue weighted by Crippen LogP contribution is -2.30. The minimum absolute atomic E-state index is 0.108. The van der Waals surface area contributed by atoms with Crippen LogP contribution in [0.3, 0.4) is 0 Å². The lowest BCUT2D eigenvalue weighted by molar-refractivity contribution is -0.161. The standard InChI is InChI=1S/C84H164O17P2/c1-6-9-12-15-18-20-22-24-26-28-30-32-34-36-41-45-49-54-59-64-70-84(89)101-80(74-95-82(87)68-63-58-53-48-44-40-35-33-31-29-27-25-23-21-19-16-13-10-7-2)76-99-103(92,93)97-72-78(85)71-96-102(90,91)98-75-79(73-94-81(86)67-62-57-51-17-14-11-8-3)100-83(88)69-65-60-55-50-46-42-38-37-39-43-47-52-56-61-66-77(4)5/h77-80,85H,6-76H2,1-5H3,(H,90,91)(H,92,93)/t78-,79+,80+/m0/s1. The van der Waals surface area contributed by atoms with Gasteiger partial charge in [-0.15, -0.1) is 0 Å². The fourth-order valence-electron chi connectivity index (χ4n) is 13.1. The van der Waals surface area contributed by atoms with Gasteiger partial charge in [0, 0.05) is 25.7 Å². The maximum Gasteiger partial charge on any atom is 0.472 e. The monoisotopic (exact) mass is 1510 g/mol. The van der Waals surface area contributed by atoms with Crippen molar-refractivity contribution in [1.82, 2.24) is 0 Å². The van der Waals surface area contributed by atoms with Crippen LogP contribution in [0.4, 0.5) is 0 Å². The second-order valence-electron chi connectivity index (χ2n) is 30.7. The number of aliphatic hydroxyl groups excluding tert-OH is 1. The SMILES string of the molecule is CCCCCCCCCCCCCCCCCCCCCCC(=O)O[C@H](COC(=O)CCCCCCCCCCCCCCCCCCCCC)COP(=O)(O)OC[C@@H](O)COP(=O)(O)OC[C@@H](COC(=O)CCCCCCCCC)OC(=O)CCCCCCCCCCCCCCCCC(C)C. The average molecular weight is 1510 g/mol. The highest BCUT2D eigenvalue weighted by Crippen LogP contribution is 2.45. The van der Waals surface area contributed by atoms with Gasteiger partial charge in [-0.1, -0.05) is 401 Å². The molecular weight excluding hydrogens is 1340 g/mol. The molecule has 0 saturated heterocycles. The number of rotatable bonds is 84. The molecule has 0 saturated carbocycles. The molecule has 0 aromatic heterocycles. The van der Waals surface area contributed by atoms with Crippen LogP contribution in [0.2, 0.25) is 0 Å². The topological polar surface area (TPSA) is 237 Å². The summed E-state index contributed by atoms with van der Waals surface area (Å²) in [5, 5.41) is 10.6. The average Bonchev–Trinajstić information content (AvgIpc) is 0.910. The van der Waals surface area contributed by atoms with Crippen LogP contribution in [0.5, 0.6) is 0 Å². The third-order valence-electron chi connectivity index (χ3n) is 19.8. The van der Waals surface area contributed by atoms with Crippen molar-refractivity contribution in [2.45, 2.75) is 470 Å². The molecule has 3 N–H and O–H groups in total. The van der Waals surface area contributed by atoms with Crippen molar-refractivity contribution in [3.05, 3.63) is 0 Å². The zero-order chi connectivity index (χ0) is 75.5. The van der Waals surface area contributed by atoms with E-state index in [-0.39, 0.29) is 25.7 Å². The number of carbonyl (C=O) groups excluding carboxylic acids is 4. The molecule has 0 aliphatic rings. The third kappa shape index (κ3) is 78.0. The molecule has 0 spiro atoms. The first-order valence-electron chi connectivity index (χ1n) is 43.6. The van der Waals surface area contributed by atoms with Crippen LogP contribution in [-0.4, -0.2) is 96.7 Å². The van der Waals surface area contributed by atoms with Crippen LogP contribution in [0.15, 0.2) is 0 Å². The molecular formula is C84H164O17P2. The second-order valence-corrected chi connectivity index (χ2v) is 33.6. The smallest absolute Gasteiger partial charge is 0.462 e. The zero-order valence-corrected chi connectivity index (χ0v) is 69.3. The number of esters is 4. The lowest BCUT2D eigenvalue weighted by atomic mass is 10.0. The number of hydrogen-bond acceptors (Lipinski definition) is 15. The Bertz CT molecular complexity index is 1960. The molecule has 17 nitrogen and oxygen atoms in total. The summed E-state index contributed by atoms with van der Waals surface area (Å²) in [4.78, 5) is 73.0. The number of unbranched alkanes of at least 4 members (excludes halogenated alkanes) is 56. The van der Waals surface area contributed by atoms with Crippen molar-refractivity contribution in [3.63, 3.8) is 0 Å². The van der Waals surface area contributed by atoms with Gasteiger partial charge in [0.25, 0.3) is 0 Å². The van der Waals surface area contributed by atoms with Gasteiger partial charge in [-0.2, -0.15) is 0 Å². The van der Waals surface area contributed by atoms with Gasteiger partial charge in [-0.3, -0.25) is 37.3 Å². The summed E-state index contributed by atoms with van der Waals surface area (Å²) in [6.45, 7) is 7.33. The predicted octanol–water partition coefficient (Wildman–Crippen LogP) is 25.6. The van der Waals surface area contributed by atoms with Crippen molar-refractivity contribution < 1.29 is 80.2 Å². The molecule has 612 valence electrons. The van der Waals surface area contributed by atoms with E-state index in [4.69, 9.17) is 37.0 Å². The summed E-state index contributed by atoms with van der Waals surface area (Å²) < 4.78 is 68.7. The van der Waals surface area contributed by atoms with Crippen LogP contribution >= 0.6 is 15.6 Å². The number of carbonyl (C=O) groups is 4. The van der Waals surface area contributed by atoms with Gasteiger partial charge in [0.1, 0.15) is 19.3 Å². The summed E-state index contributed by atoms with van der Waals surface area (Å²) in [5.41, 5.74) is 0. The van der Waals surface area contributed by atoms with Crippen LogP contribution in [0.1, 0.15) is 452 Å². The number of aliphatic hydroxyl groups is 1. The fraction of sp³-hybridized carbons (Fsp3) is 0.952. The highest BCUT2D eigenvalue weighted by molar-refractivity contribution is 7.47. The molecule has 5 atom stereocenters. The predicted molar refractivity (Wildman–Crippen MR) is 423 cm³/mol. The second kappa shape index (κ2) is 76.8. The molecule has 0 amide bonds. The Kier molecular flexibility index (Phi) is 75.4. The van der Waals surface area contributed by atoms with Gasteiger partial charge in [-0.25, -0.2) is 9.13 Å². The molecule has 103 heavy (non-hydrogen) atoms. The summed E-state index contributed by atoms with van der Waals surface area (Å²) in [7, 11) is -9.92. The number of phosphoric acid groups is 2. The minimum atomic E-state index is -4.96. The molecule has 0 heterocycles. The Morgan fingerprint density at radius 2 is 0.447 bits per heavy atom. The Balaban J connectivity index is 5.16.